The highest BCUT2D eigenvalue weighted by atomic mass is 35.5. The molecule has 1 heterocycles. The molecule has 106 valence electrons. The summed E-state index contributed by atoms with van der Waals surface area (Å²) >= 11 is 7.49. The van der Waals surface area contributed by atoms with Gasteiger partial charge in [-0.3, -0.25) is 0 Å². The van der Waals surface area contributed by atoms with Gasteiger partial charge in [-0.15, -0.1) is 11.3 Å². The Balaban J connectivity index is 2.23. The van der Waals surface area contributed by atoms with Gasteiger partial charge in [-0.05, 0) is 50.1 Å². The van der Waals surface area contributed by atoms with Crippen molar-refractivity contribution in [2.45, 2.75) is 25.5 Å². The SMILES string of the molecule is CC(C)(C)[S@@](=O)/N=C/c1cccc(-c2ccc(Cl)s2)c1. The van der Waals surface area contributed by atoms with Crippen molar-refractivity contribution in [3.8, 4) is 10.4 Å². The highest BCUT2D eigenvalue weighted by molar-refractivity contribution is 7.85. The molecule has 0 N–H and O–H groups in total. The molecule has 2 rings (SSSR count). The summed E-state index contributed by atoms with van der Waals surface area (Å²) in [6, 6.07) is 11.8. The van der Waals surface area contributed by atoms with E-state index in [0.29, 0.717) is 0 Å². The van der Waals surface area contributed by atoms with Crippen LogP contribution in [-0.4, -0.2) is 15.2 Å². The van der Waals surface area contributed by atoms with Crippen LogP contribution >= 0.6 is 22.9 Å². The van der Waals surface area contributed by atoms with E-state index < -0.39 is 11.0 Å². The molecule has 0 saturated heterocycles. The fourth-order valence-corrected chi connectivity index (χ4v) is 3.08. The van der Waals surface area contributed by atoms with E-state index in [0.717, 1.165) is 20.3 Å². The van der Waals surface area contributed by atoms with Crippen LogP contribution in [-0.2, 0) is 11.0 Å². The molecule has 0 unspecified atom stereocenters. The zero-order chi connectivity index (χ0) is 14.8. The fraction of sp³-hybridized carbons (Fsp3) is 0.267. The molecule has 0 aliphatic heterocycles. The third-order valence-corrected chi connectivity index (χ3v) is 5.19. The number of benzene rings is 1. The largest absolute Gasteiger partial charge is 0.234 e. The Morgan fingerprint density at radius 3 is 2.60 bits per heavy atom. The Morgan fingerprint density at radius 2 is 2.00 bits per heavy atom. The first-order chi connectivity index (χ1) is 9.36. The van der Waals surface area contributed by atoms with Gasteiger partial charge in [-0.25, -0.2) is 4.21 Å². The van der Waals surface area contributed by atoms with E-state index in [4.69, 9.17) is 11.6 Å². The normalized spacial score (nSPS) is 13.8. The molecule has 0 aliphatic rings. The molecule has 0 bridgehead atoms. The second-order valence-corrected chi connectivity index (χ2v) is 8.97. The molecule has 0 spiro atoms. The number of hydrogen-bond donors (Lipinski definition) is 0. The van der Waals surface area contributed by atoms with Gasteiger partial charge in [0.25, 0.3) is 0 Å². The van der Waals surface area contributed by atoms with Gasteiger partial charge in [0.05, 0.1) is 9.08 Å². The molecule has 2 aromatic rings. The maximum atomic E-state index is 11.9. The Hall–Kier alpha value is -0.970. The van der Waals surface area contributed by atoms with Gasteiger partial charge in [-0.2, -0.15) is 4.40 Å². The van der Waals surface area contributed by atoms with Gasteiger partial charge in [0.1, 0.15) is 11.0 Å². The average Bonchev–Trinajstić information content (AvgIpc) is 2.82. The van der Waals surface area contributed by atoms with Crippen molar-refractivity contribution in [2.75, 3.05) is 0 Å². The van der Waals surface area contributed by atoms with Gasteiger partial charge >= 0.3 is 0 Å². The third-order valence-electron chi connectivity index (χ3n) is 2.57. The number of hydrogen-bond acceptors (Lipinski definition) is 2. The molecule has 0 amide bonds. The van der Waals surface area contributed by atoms with Crippen molar-refractivity contribution in [3.05, 3.63) is 46.3 Å². The molecule has 0 radical (unpaired) electrons. The minimum Gasteiger partial charge on any atom is -0.234 e. The van der Waals surface area contributed by atoms with Gasteiger partial charge < -0.3 is 0 Å². The summed E-state index contributed by atoms with van der Waals surface area (Å²) in [7, 11) is -1.23. The van der Waals surface area contributed by atoms with E-state index in [-0.39, 0.29) is 4.75 Å². The van der Waals surface area contributed by atoms with Gasteiger partial charge in [0.2, 0.25) is 0 Å². The van der Waals surface area contributed by atoms with E-state index in [1.165, 1.54) is 11.3 Å². The molecule has 0 saturated carbocycles. The van der Waals surface area contributed by atoms with Crippen molar-refractivity contribution in [3.63, 3.8) is 0 Å². The minimum atomic E-state index is -1.23. The van der Waals surface area contributed by atoms with Crippen molar-refractivity contribution in [1.29, 1.82) is 0 Å². The second-order valence-electron chi connectivity index (χ2n) is 5.33. The highest BCUT2D eigenvalue weighted by Crippen LogP contribution is 2.31. The van der Waals surface area contributed by atoms with Crippen molar-refractivity contribution in [2.24, 2.45) is 4.40 Å². The van der Waals surface area contributed by atoms with E-state index in [1.54, 1.807) is 6.21 Å². The van der Waals surface area contributed by atoms with E-state index in [9.17, 15) is 4.21 Å². The summed E-state index contributed by atoms with van der Waals surface area (Å²) in [5.41, 5.74) is 2.03. The summed E-state index contributed by atoms with van der Waals surface area (Å²) in [6.45, 7) is 5.72. The second kappa shape index (κ2) is 6.20. The lowest BCUT2D eigenvalue weighted by atomic mass is 10.1. The molecule has 1 aromatic carbocycles. The summed E-state index contributed by atoms with van der Waals surface area (Å²) in [5, 5.41) is 0. The fourth-order valence-electron chi connectivity index (χ4n) is 1.51. The van der Waals surface area contributed by atoms with E-state index in [1.807, 2.05) is 57.2 Å². The third kappa shape index (κ3) is 4.01. The molecular formula is C15H16ClNOS2. The first-order valence-electron chi connectivity index (χ1n) is 6.18. The predicted octanol–water partition coefficient (Wildman–Crippen LogP) is 4.95. The lowest BCUT2D eigenvalue weighted by Gasteiger charge is -2.12. The molecule has 2 nitrogen and oxygen atoms in total. The van der Waals surface area contributed by atoms with Crippen molar-refractivity contribution in [1.82, 2.24) is 0 Å². The van der Waals surface area contributed by atoms with Crippen molar-refractivity contribution < 1.29 is 4.21 Å². The molecule has 1 aromatic heterocycles. The number of nitrogens with zero attached hydrogens (tertiary/aromatic N) is 1. The van der Waals surface area contributed by atoms with E-state index in [2.05, 4.69) is 4.40 Å². The summed E-state index contributed by atoms with van der Waals surface area (Å²) < 4.78 is 16.5. The molecule has 20 heavy (non-hydrogen) atoms. The Morgan fingerprint density at radius 1 is 1.25 bits per heavy atom. The van der Waals surface area contributed by atoms with Crippen molar-refractivity contribution >= 4 is 40.1 Å². The standard InChI is InChI=1S/C15H16ClNOS2/c1-15(2,3)20(18)17-10-11-5-4-6-12(9-11)13-7-8-14(16)19-13/h4-10H,1-3H3/b17-10+/t20-/m1/s1. The van der Waals surface area contributed by atoms with Crippen LogP contribution in [0.4, 0.5) is 0 Å². The topological polar surface area (TPSA) is 29.4 Å². The van der Waals surface area contributed by atoms with Gasteiger partial charge in [-0.1, -0.05) is 29.8 Å². The first-order valence-corrected chi connectivity index (χ1v) is 8.48. The molecule has 1 atom stereocenters. The van der Waals surface area contributed by atoms with Crippen LogP contribution < -0.4 is 0 Å². The Labute approximate surface area is 131 Å². The number of halogens is 1. The summed E-state index contributed by atoms with van der Waals surface area (Å²) in [4.78, 5) is 1.11. The molecule has 5 heteroatoms. The predicted molar refractivity (Wildman–Crippen MR) is 90.3 cm³/mol. The summed E-state index contributed by atoms with van der Waals surface area (Å²) in [6.07, 6.45) is 1.67. The number of rotatable bonds is 3. The van der Waals surface area contributed by atoms with E-state index >= 15 is 0 Å². The van der Waals surface area contributed by atoms with Gasteiger partial charge in [0, 0.05) is 11.1 Å². The Kier molecular flexibility index (Phi) is 4.78. The van der Waals surface area contributed by atoms with Crippen LogP contribution in [0.3, 0.4) is 0 Å². The maximum Gasteiger partial charge on any atom is 0.144 e. The smallest absolute Gasteiger partial charge is 0.144 e. The van der Waals surface area contributed by atoms with Crippen LogP contribution in [0.15, 0.2) is 40.8 Å². The van der Waals surface area contributed by atoms with Gasteiger partial charge in [0.15, 0.2) is 0 Å². The molecule has 0 fully saturated rings. The minimum absolute atomic E-state index is 0.338. The van der Waals surface area contributed by atoms with Crippen LogP contribution in [0, 0.1) is 0 Å². The number of thiophene rings is 1. The summed E-state index contributed by atoms with van der Waals surface area (Å²) in [5.74, 6) is 0. The average molecular weight is 326 g/mol. The first kappa shape index (κ1) is 15.4. The van der Waals surface area contributed by atoms with Crippen LogP contribution in [0.2, 0.25) is 4.34 Å². The lowest BCUT2D eigenvalue weighted by molar-refractivity contribution is 0.651. The van der Waals surface area contributed by atoms with Crippen LogP contribution in [0.1, 0.15) is 26.3 Å². The monoisotopic (exact) mass is 325 g/mol. The molecular weight excluding hydrogens is 310 g/mol. The van der Waals surface area contributed by atoms with Crippen LogP contribution in [0.5, 0.6) is 0 Å². The quantitative estimate of drug-likeness (QED) is 0.734. The maximum absolute atomic E-state index is 11.9. The van der Waals surface area contributed by atoms with Crippen LogP contribution in [0.25, 0.3) is 10.4 Å². The Bertz CT molecular complexity index is 656. The lowest BCUT2D eigenvalue weighted by Crippen LogP contribution is -2.19. The molecule has 0 aliphatic carbocycles. The highest BCUT2D eigenvalue weighted by Gasteiger charge is 2.18. The zero-order valence-electron chi connectivity index (χ0n) is 11.6. The zero-order valence-corrected chi connectivity index (χ0v) is 14.0.